The highest BCUT2D eigenvalue weighted by atomic mass is 16.4. The number of aromatic amines is 1. The zero-order valence-corrected chi connectivity index (χ0v) is 8.86. The van der Waals surface area contributed by atoms with Crippen LogP contribution in [-0.4, -0.2) is 33.8 Å². The smallest absolute Gasteiger partial charge is 0.315 e. The number of rotatable bonds is 5. The summed E-state index contributed by atoms with van der Waals surface area (Å²) in [7, 11) is 0. The van der Waals surface area contributed by atoms with E-state index in [2.05, 4.69) is 20.8 Å². The number of aromatic nitrogens is 2. The van der Waals surface area contributed by atoms with E-state index < -0.39 is 12.0 Å². The summed E-state index contributed by atoms with van der Waals surface area (Å²) in [4.78, 5) is 21.5. The molecule has 7 heteroatoms. The maximum Gasteiger partial charge on any atom is 0.315 e. The monoisotopic (exact) mass is 226 g/mol. The Kier molecular flexibility index (Phi) is 4.31. The summed E-state index contributed by atoms with van der Waals surface area (Å²) in [5.41, 5.74) is 0.855. The molecule has 2 amide bonds. The number of carboxylic acids is 1. The van der Waals surface area contributed by atoms with Gasteiger partial charge in [0.1, 0.15) is 0 Å². The maximum absolute atomic E-state index is 11.3. The predicted molar refractivity (Wildman–Crippen MR) is 55.8 cm³/mol. The molecule has 4 N–H and O–H groups in total. The Labute approximate surface area is 92.2 Å². The first-order valence-corrected chi connectivity index (χ1v) is 4.84. The van der Waals surface area contributed by atoms with Crippen LogP contribution < -0.4 is 10.6 Å². The summed E-state index contributed by atoms with van der Waals surface area (Å²) in [6.45, 7) is 1.92. The van der Waals surface area contributed by atoms with Crippen LogP contribution in [-0.2, 0) is 4.79 Å². The van der Waals surface area contributed by atoms with E-state index >= 15 is 0 Å². The van der Waals surface area contributed by atoms with Crippen molar-refractivity contribution in [3.05, 3.63) is 18.0 Å². The SMILES string of the molecule is CC(NC(=O)NCCC(=O)O)c1cn[nH]c1. The molecular formula is C9H14N4O3. The van der Waals surface area contributed by atoms with Crippen LogP contribution in [0.25, 0.3) is 0 Å². The van der Waals surface area contributed by atoms with Gasteiger partial charge in [-0.3, -0.25) is 9.89 Å². The highest BCUT2D eigenvalue weighted by Crippen LogP contribution is 2.08. The number of carbonyl (C=O) groups is 2. The number of H-pyrrole nitrogens is 1. The molecular weight excluding hydrogens is 212 g/mol. The minimum Gasteiger partial charge on any atom is -0.481 e. The van der Waals surface area contributed by atoms with Crippen LogP contribution in [0.15, 0.2) is 12.4 Å². The number of carboxylic acid groups (broad SMARTS) is 1. The minimum atomic E-state index is -0.941. The van der Waals surface area contributed by atoms with Gasteiger partial charge >= 0.3 is 12.0 Å². The Morgan fingerprint density at radius 1 is 1.62 bits per heavy atom. The molecule has 7 nitrogen and oxygen atoms in total. The molecule has 0 saturated carbocycles. The molecule has 0 aliphatic rings. The van der Waals surface area contributed by atoms with Gasteiger partial charge in [0.05, 0.1) is 18.7 Å². The van der Waals surface area contributed by atoms with E-state index in [1.807, 2.05) is 6.92 Å². The topological polar surface area (TPSA) is 107 Å². The van der Waals surface area contributed by atoms with E-state index in [0.717, 1.165) is 5.56 Å². The zero-order chi connectivity index (χ0) is 12.0. The first-order chi connectivity index (χ1) is 7.59. The van der Waals surface area contributed by atoms with Crippen molar-refractivity contribution < 1.29 is 14.7 Å². The number of carbonyl (C=O) groups excluding carboxylic acids is 1. The molecule has 88 valence electrons. The lowest BCUT2D eigenvalue weighted by molar-refractivity contribution is -0.136. The Morgan fingerprint density at radius 2 is 2.38 bits per heavy atom. The molecule has 1 heterocycles. The Balaban J connectivity index is 2.26. The number of nitrogens with one attached hydrogen (secondary N) is 3. The number of amides is 2. The number of aliphatic carboxylic acids is 1. The molecule has 1 atom stereocenters. The quantitative estimate of drug-likeness (QED) is 0.577. The van der Waals surface area contributed by atoms with E-state index in [0.29, 0.717) is 0 Å². The second-order valence-electron chi connectivity index (χ2n) is 3.30. The third-order valence-electron chi connectivity index (χ3n) is 1.99. The Bertz CT molecular complexity index is 350. The highest BCUT2D eigenvalue weighted by Gasteiger charge is 2.09. The van der Waals surface area contributed by atoms with Gasteiger partial charge in [-0.05, 0) is 6.92 Å². The highest BCUT2D eigenvalue weighted by molar-refractivity contribution is 5.75. The standard InChI is InChI=1S/C9H14N4O3/c1-6(7-4-11-12-5-7)13-9(16)10-3-2-8(14)15/h4-6H,2-3H2,1H3,(H,11,12)(H,14,15)(H2,10,13,16). The van der Waals surface area contributed by atoms with E-state index in [-0.39, 0.29) is 19.0 Å². The van der Waals surface area contributed by atoms with Crippen molar-refractivity contribution >= 4 is 12.0 Å². The van der Waals surface area contributed by atoms with Crippen molar-refractivity contribution in [2.45, 2.75) is 19.4 Å². The van der Waals surface area contributed by atoms with Gasteiger partial charge in [0.2, 0.25) is 0 Å². The lowest BCUT2D eigenvalue weighted by Crippen LogP contribution is -2.37. The molecule has 1 unspecified atom stereocenters. The van der Waals surface area contributed by atoms with Crippen molar-refractivity contribution in [1.29, 1.82) is 0 Å². The van der Waals surface area contributed by atoms with Crippen molar-refractivity contribution in [2.75, 3.05) is 6.54 Å². The van der Waals surface area contributed by atoms with E-state index in [1.165, 1.54) is 0 Å². The summed E-state index contributed by atoms with van der Waals surface area (Å²) in [5, 5.41) is 19.9. The molecule has 0 radical (unpaired) electrons. The molecule has 0 saturated heterocycles. The average Bonchev–Trinajstić information content (AvgIpc) is 2.69. The first-order valence-electron chi connectivity index (χ1n) is 4.84. The van der Waals surface area contributed by atoms with Crippen molar-refractivity contribution in [1.82, 2.24) is 20.8 Å². The fourth-order valence-corrected chi connectivity index (χ4v) is 1.11. The molecule has 0 aliphatic carbocycles. The van der Waals surface area contributed by atoms with Crippen LogP contribution >= 0.6 is 0 Å². The second-order valence-corrected chi connectivity index (χ2v) is 3.30. The summed E-state index contributed by atoms with van der Waals surface area (Å²) >= 11 is 0. The van der Waals surface area contributed by atoms with Crippen LogP contribution in [0.3, 0.4) is 0 Å². The molecule has 1 rings (SSSR count). The van der Waals surface area contributed by atoms with Gasteiger partial charge in [0.25, 0.3) is 0 Å². The number of hydrogen-bond donors (Lipinski definition) is 4. The van der Waals surface area contributed by atoms with Crippen molar-refractivity contribution in [2.24, 2.45) is 0 Å². The van der Waals surface area contributed by atoms with Crippen LogP contribution in [0.5, 0.6) is 0 Å². The largest absolute Gasteiger partial charge is 0.481 e. The fraction of sp³-hybridized carbons (Fsp3) is 0.444. The average molecular weight is 226 g/mol. The van der Waals surface area contributed by atoms with Crippen molar-refractivity contribution in [3.63, 3.8) is 0 Å². The summed E-state index contributed by atoms with van der Waals surface area (Å²) in [6.07, 6.45) is 3.21. The molecule has 1 aromatic heterocycles. The first kappa shape index (κ1) is 12.0. The minimum absolute atomic E-state index is 0.0898. The van der Waals surface area contributed by atoms with Gasteiger partial charge in [-0.2, -0.15) is 5.10 Å². The van der Waals surface area contributed by atoms with Crippen LogP contribution in [0, 0.1) is 0 Å². The van der Waals surface area contributed by atoms with Gasteiger partial charge < -0.3 is 15.7 Å². The predicted octanol–water partition coefficient (Wildman–Crippen LogP) is 0.245. The molecule has 0 spiro atoms. The second kappa shape index (κ2) is 5.74. The Hall–Kier alpha value is -2.05. The normalized spacial score (nSPS) is 11.8. The number of nitrogens with zero attached hydrogens (tertiary/aromatic N) is 1. The summed E-state index contributed by atoms with van der Waals surface area (Å²) < 4.78 is 0. The van der Waals surface area contributed by atoms with E-state index in [1.54, 1.807) is 12.4 Å². The van der Waals surface area contributed by atoms with Crippen LogP contribution in [0.1, 0.15) is 24.9 Å². The van der Waals surface area contributed by atoms with Gasteiger partial charge in [-0.25, -0.2) is 4.79 Å². The van der Waals surface area contributed by atoms with E-state index in [4.69, 9.17) is 5.11 Å². The Morgan fingerprint density at radius 3 is 2.94 bits per heavy atom. The summed E-state index contributed by atoms with van der Waals surface area (Å²) in [6, 6.07) is -0.571. The molecule has 16 heavy (non-hydrogen) atoms. The summed E-state index contributed by atoms with van der Waals surface area (Å²) in [5.74, 6) is -0.941. The van der Waals surface area contributed by atoms with Crippen molar-refractivity contribution in [3.8, 4) is 0 Å². The molecule has 0 bridgehead atoms. The zero-order valence-electron chi connectivity index (χ0n) is 8.86. The fourth-order valence-electron chi connectivity index (χ4n) is 1.11. The maximum atomic E-state index is 11.3. The molecule has 1 aromatic rings. The molecule has 0 fully saturated rings. The van der Waals surface area contributed by atoms with Gasteiger partial charge in [0, 0.05) is 18.3 Å². The number of hydrogen-bond acceptors (Lipinski definition) is 3. The van der Waals surface area contributed by atoms with Crippen LogP contribution in [0.2, 0.25) is 0 Å². The molecule has 0 aliphatic heterocycles. The van der Waals surface area contributed by atoms with Gasteiger partial charge in [0.15, 0.2) is 0 Å². The van der Waals surface area contributed by atoms with Gasteiger partial charge in [-0.15, -0.1) is 0 Å². The molecule has 0 aromatic carbocycles. The lowest BCUT2D eigenvalue weighted by Gasteiger charge is -2.12. The van der Waals surface area contributed by atoms with E-state index in [9.17, 15) is 9.59 Å². The third-order valence-corrected chi connectivity index (χ3v) is 1.99. The van der Waals surface area contributed by atoms with Gasteiger partial charge in [-0.1, -0.05) is 0 Å². The lowest BCUT2D eigenvalue weighted by atomic mass is 10.2. The third kappa shape index (κ3) is 3.99. The van der Waals surface area contributed by atoms with Crippen LogP contribution in [0.4, 0.5) is 4.79 Å². The number of urea groups is 1.